The van der Waals surface area contributed by atoms with Crippen LogP contribution in [-0.2, 0) is 14.4 Å². The van der Waals surface area contributed by atoms with Gasteiger partial charge in [-0.1, -0.05) is 43.7 Å². The Labute approximate surface area is 176 Å². The maximum atomic E-state index is 13.0. The number of Topliss-reactive ketones (excluding diaryl/α,β-unsaturated/α-hetero) is 2. The maximum absolute atomic E-state index is 13.0. The molecule has 0 heterocycles. The molecule has 4 heteroatoms. The Kier molecular flexibility index (Phi) is 10.7. The topological polar surface area (TPSA) is 55.4 Å². The second kappa shape index (κ2) is 13.3. The van der Waals surface area contributed by atoms with Gasteiger partial charge in [0.1, 0.15) is 0 Å². The lowest BCUT2D eigenvalue weighted by molar-refractivity contribution is -0.126. The highest BCUT2D eigenvalue weighted by Crippen LogP contribution is 2.35. The maximum Gasteiger partial charge on any atom is 0.168 e. The van der Waals surface area contributed by atoms with Crippen molar-refractivity contribution in [3.8, 4) is 0 Å². The Morgan fingerprint density at radius 2 is 1.69 bits per heavy atom. The minimum absolute atomic E-state index is 0.0223. The molecule has 2 rings (SSSR count). The van der Waals surface area contributed by atoms with Crippen LogP contribution in [0.15, 0.2) is 48.2 Å². The van der Waals surface area contributed by atoms with Crippen LogP contribution in [0, 0.1) is 11.8 Å². The standard InChI is InChI=1S/C25H37NO3/c1-3-14-22(26-29-17-4-2)25-23(27)18-21(19-24(25)28)20-15-12-10-8-6-5-7-9-11-13-16-20/h4,6,8-9,11,20-21,26H,2-3,5,7,10,12-19H2,1H3. The van der Waals surface area contributed by atoms with Crippen molar-refractivity contribution >= 4 is 11.6 Å². The van der Waals surface area contributed by atoms with Gasteiger partial charge in [0.25, 0.3) is 0 Å². The summed E-state index contributed by atoms with van der Waals surface area (Å²) in [5.41, 5.74) is 3.81. The molecule has 0 aliphatic heterocycles. The zero-order chi connectivity index (χ0) is 20.9. The van der Waals surface area contributed by atoms with E-state index in [-0.39, 0.29) is 17.5 Å². The molecule has 0 spiro atoms. The third-order valence-corrected chi connectivity index (χ3v) is 5.80. The summed E-state index contributed by atoms with van der Waals surface area (Å²) in [4.78, 5) is 31.3. The van der Waals surface area contributed by atoms with Gasteiger partial charge < -0.3 is 0 Å². The van der Waals surface area contributed by atoms with E-state index in [4.69, 9.17) is 4.84 Å². The average Bonchev–Trinajstić information content (AvgIpc) is 2.68. The van der Waals surface area contributed by atoms with Crippen LogP contribution in [0.1, 0.15) is 77.6 Å². The van der Waals surface area contributed by atoms with Crippen molar-refractivity contribution < 1.29 is 14.4 Å². The second-order valence-corrected chi connectivity index (χ2v) is 8.11. The van der Waals surface area contributed by atoms with E-state index in [9.17, 15) is 9.59 Å². The first kappa shape index (κ1) is 23.3. The summed E-state index contributed by atoms with van der Waals surface area (Å²) in [6.07, 6.45) is 20.7. The van der Waals surface area contributed by atoms with E-state index < -0.39 is 0 Å². The van der Waals surface area contributed by atoms with E-state index >= 15 is 0 Å². The molecule has 0 amide bonds. The molecule has 1 unspecified atom stereocenters. The van der Waals surface area contributed by atoms with Crippen LogP contribution in [-0.4, -0.2) is 18.2 Å². The lowest BCUT2D eigenvalue weighted by Gasteiger charge is -2.31. The summed E-state index contributed by atoms with van der Waals surface area (Å²) in [7, 11) is 0. The Hall–Kier alpha value is -1.94. The normalized spacial score (nSPS) is 24.0. The number of hydrogen-bond acceptors (Lipinski definition) is 4. The van der Waals surface area contributed by atoms with Crippen LogP contribution in [0.4, 0.5) is 0 Å². The third kappa shape index (κ3) is 7.77. The van der Waals surface area contributed by atoms with E-state index in [1.54, 1.807) is 6.08 Å². The monoisotopic (exact) mass is 399 g/mol. The summed E-state index contributed by atoms with van der Waals surface area (Å²) in [6.45, 7) is 5.98. The van der Waals surface area contributed by atoms with E-state index in [0.717, 1.165) is 51.4 Å². The molecule has 0 aromatic rings. The van der Waals surface area contributed by atoms with Gasteiger partial charge in [0.2, 0.25) is 0 Å². The summed E-state index contributed by atoms with van der Waals surface area (Å²) in [5, 5.41) is 0. The third-order valence-electron chi connectivity index (χ3n) is 5.80. The van der Waals surface area contributed by atoms with Crippen LogP contribution in [0.5, 0.6) is 0 Å². The lowest BCUT2D eigenvalue weighted by Crippen LogP contribution is -2.33. The second-order valence-electron chi connectivity index (χ2n) is 8.11. The van der Waals surface area contributed by atoms with E-state index in [1.165, 1.54) is 0 Å². The van der Waals surface area contributed by atoms with Gasteiger partial charge in [-0.25, -0.2) is 0 Å². The molecule has 1 N–H and O–H groups in total. The fourth-order valence-corrected chi connectivity index (χ4v) is 4.33. The number of carbonyl (C=O) groups excluding carboxylic acids is 2. The molecule has 160 valence electrons. The molecule has 0 bridgehead atoms. The summed E-state index contributed by atoms with van der Waals surface area (Å²) in [6, 6.07) is 0. The first-order chi connectivity index (χ1) is 14.2. The highest BCUT2D eigenvalue weighted by molar-refractivity contribution is 6.22. The van der Waals surface area contributed by atoms with E-state index in [1.807, 2.05) is 6.92 Å². The number of hydroxylamine groups is 1. The van der Waals surface area contributed by atoms with Gasteiger partial charge in [-0.3, -0.25) is 19.9 Å². The molecular formula is C25H37NO3. The number of allylic oxidation sites excluding steroid dienone is 6. The summed E-state index contributed by atoms with van der Waals surface area (Å²) in [5.74, 6) is 0.550. The highest BCUT2D eigenvalue weighted by atomic mass is 16.6. The highest BCUT2D eigenvalue weighted by Gasteiger charge is 2.36. The first-order valence-corrected chi connectivity index (χ1v) is 11.3. The molecule has 2 aliphatic rings. The average molecular weight is 400 g/mol. The van der Waals surface area contributed by atoms with Crippen LogP contribution in [0.2, 0.25) is 0 Å². The summed E-state index contributed by atoms with van der Waals surface area (Å²) < 4.78 is 0. The number of ketones is 2. The van der Waals surface area contributed by atoms with Gasteiger partial charge in [0.15, 0.2) is 11.6 Å². The zero-order valence-electron chi connectivity index (χ0n) is 18.0. The Morgan fingerprint density at radius 1 is 1.03 bits per heavy atom. The van der Waals surface area contributed by atoms with Gasteiger partial charge in [0, 0.05) is 12.8 Å². The summed E-state index contributed by atoms with van der Waals surface area (Å²) >= 11 is 0. The smallest absolute Gasteiger partial charge is 0.168 e. The molecule has 29 heavy (non-hydrogen) atoms. The molecule has 2 aliphatic carbocycles. The van der Waals surface area contributed by atoms with Crippen molar-refractivity contribution in [3.63, 3.8) is 0 Å². The van der Waals surface area contributed by atoms with Crippen LogP contribution < -0.4 is 5.48 Å². The van der Waals surface area contributed by atoms with Gasteiger partial charge in [-0.05, 0) is 63.2 Å². The van der Waals surface area contributed by atoms with Crippen molar-refractivity contribution in [1.82, 2.24) is 5.48 Å². The van der Waals surface area contributed by atoms with Gasteiger partial charge in [-0.2, -0.15) is 0 Å². The number of nitrogens with one attached hydrogen (secondary N) is 1. The minimum Gasteiger partial charge on any atom is -0.294 e. The number of hydrogen-bond donors (Lipinski definition) is 1. The molecule has 0 aromatic heterocycles. The molecular weight excluding hydrogens is 362 g/mol. The van der Waals surface area contributed by atoms with E-state index in [0.29, 0.717) is 43.1 Å². The predicted octanol–water partition coefficient (Wildman–Crippen LogP) is 5.77. The van der Waals surface area contributed by atoms with Crippen molar-refractivity contribution in [1.29, 1.82) is 0 Å². The van der Waals surface area contributed by atoms with Crippen molar-refractivity contribution in [3.05, 3.63) is 48.2 Å². The molecule has 1 saturated carbocycles. The molecule has 0 aromatic carbocycles. The molecule has 1 atom stereocenters. The largest absolute Gasteiger partial charge is 0.294 e. The van der Waals surface area contributed by atoms with Gasteiger partial charge >= 0.3 is 0 Å². The first-order valence-electron chi connectivity index (χ1n) is 11.3. The minimum atomic E-state index is -0.0223. The van der Waals surface area contributed by atoms with Crippen LogP contribution >= 0.6 is 0 Å². The zero-order valence-corrected chi connectivity index (χ0v) is 18.0. The number of carbonyl (C=O) groups is 2. The fraction of sp³-hybridized carbons (Fsp3) is 0.600. The van der Waals surface area contributed by atoms with Crippen molar-refractivity contribution in [2.24, 2.45) is 11.8 Å². The quantitative estimate of drug-likeness (QED) is 0.194. The Morgan fingerprint density at radius 3 is 2.34 bits per heavy atom. The van der Waals surface area contributed by atoms with Crippen molar-refractivity contribution in [2.75, 3.05) is 6.61 Å². The predicted molar refractivity (Wildman–Crippen MR) is 118 cm³/mol. The SMILES string of the molecule is C=CCONC(CCC)=C1C(=O)CC(C2CCC=CCCC=CCCC2)CC1=O. The molecule has 0 saturated heterocycles. The Bertz CT molecular complexity index is 624. The molecule has 4 nitrogen and oxygen atoms in total. The van der Waals surface area contributed by atoms with Gasteiger partial charge in [0.05, 0.1) is 17.9 Å². The molecule has 0 radical (unpaired) electrons. The number of rotatable bonds is 7. The van der Waals surface area contributed by atoms with Crippen LogP contribution in [0.3, 0.4) is 0 Å². The van der Waals surface area contributed by atoms with Crippen LogP contribution in [0.25, 0.3) is 0 Å². The lowest BCUT2D eigenvalue weighted by atomic mass is 9.73. The fourth-order valence-electron chi connectivity index (χ4n) is 4.33. The van der Waals surface area contributed by atoms with Gasteiger partial charge in [-0.15, -0.1) is 6.58 Å². The van der Waals surface area contributed by atoms with E-state index in [2.05, 4.69) is 36.4 Å². The molecule has 1 fully saturated rings. The van der Waals surface area contributed by atoms with Crippen molar-refractivity contribution in [2.45, 2.75) is 77.6 Å². The Balaban J connectivity index is 2.09.